The number of hydrogen-bond acceptors (Lipinski definition) is 4. The predicted octanol–water partition coefficient (Wildman–Crippen LogP) is -0.994. The van der Waals surface area contributed by atoms with E-state index >= 15 is 0 Å². The summed E-state index contributed by atoms with van der Waals surface area (Å²) in [7, 11) is 1.64. The number of ether oxygens (including phenoxy) is 1. The van der Waals surface area contributed by atoms with Crippen LogP contribution in [0.1, 0.15) is 19.8 Å². The molecule has 0 radical (unpaired) electrons. The van der Waals surface area contributed by atoms with E-state index < -0.39 is 0 Å². The first kappa shape index (κ1) is 13.9. The minimum absolute atomic E-state index is 0.0372. The van der Waals surface area contributed by atoms with E-state index in [9.17, 15) is 9.59 Å². The molecule has 1 saturated heterocycles. The number of hydrogen-bond donors (Lipinski definition) is 3. The first-order valence-corrected chi connectivity index (χ1v) is 5.93. The van der Waals surface area contributed by atoms with Gasteiger partial charge in [-0.05, 0) is 13.3 Å². The topological polar surface area (TPSA) is 79.5 Å². The highest BCUT2D eigenvalue weighted by Gasteiger charge is 2.24. The van der Waals surface area contributed by atoms with Gasteiger partial charge in [-0.15, -0.1) is 0 Å². The highest BCUT2D eigenvalue weighted by molar-refractivity contribution is 5.82. The van der Waals surface area contributed by atoms with Gasteiger partial charge in [0, 0.05) is 39.3 Å². The molecule has 1 heterocycles. The van der Waals surface area contributed by atoms with E-state index in [1.165, 1.54) is 0 Å². The first-order valence-electron chi connectivity index (χ1n) is 5.93. The Balaban J connectivity index is 2.15. The summed E-state index contributed by atoms with van der Waals surface area (Å²) in [5.74, 6) is -0.00402. The van der Waals surface area contributed by atoms with Gasteiger partial charge in [-0.1, -0.05) is 0 Å². The number of amides is 2. The number of carbonyl (C=O) groups excluding carboxylic acids is 2. The molecule has 6 nitrogen and oxygen atoms in total. The number of carbonyl (C=O) groups is 2. The second kappa shape index (κ2) is 7.24. The van der Waals surface area contributed by atoms with E-state index in [4.69, 9.17) is 4.74 Å². The van der Waals surface area contributed by atoms with Crippen LogP contribution >= 0.6 is 0 Å². The van der Waals surface area contributed by atoms with Crippen molar-refractivity contribution in [1.82, 2.24) is 16.0 Å². The summed E-state index contributed by atoms with van der Waals surface area (Å²) < 4.78 is 4.89. The first-order chi connectivity index (χ1) is 8.13. The van der Waals surface area contributed by atoms with E-state index in [2.05, 4.69) is 16.0 Å². The van der Waals surface area contributed by atoms with E-state index in [1.807, 2.05) is 0 Å². The average molecular weight is 243 g/mol. The zero-order chi connectivity index (χ0) is 12.7. The van der Waals surface area contributed by atoms with Crippen molar-refractivity contribution in [1.29, 1.82) is 0 Å². The second-order valence-electron chi connectivity index (χ2n) is 4.23. The summed E-state index contributed by atoms with van der Waals surface area (Å²) in [6, 6.07) is -0.225. The van der Waals surface area contributed by atoms with Gasteiger partial charge in [0.05, 0.1) is 6.04 Å². The van der Waals surface area contributed by atoms with Crippen molar-refractivity contribution in [3.05, 3.63) is 0 Å². The molecule has 6 heteroatoms. The van der Waals surface area contributed by atoms with Crippen LogP contribution in [0.3, 0.4) is 0 Å². The van der Waals surface area contributed by atoms with Crippen LogP contribution in [0, 0.1) is 0 Å². The molecule has 0 spiro atoms. The highest BCUT2D eigenvalue weighted by Crippen LogP contribution is 2.00. The lowest BCUT2D eigenvalue weighted by atomic mass is 10.2. The van der Waals surface area contributed by atoms with Crippen molar-refractivity contribution in [2.24, 2.45) is 0 Å². The maximum absolute atomic E-state index is 11.7. The Morgan fingerprint density at radius 3 is 3.00 bits per heavy atom. The minimum Gasteiger partial charge on any atom is -0.385 e. The van der Waals surface area contributed by atoms with Crippen LogP contribution in [0.4, 0.5) is 0 Å². The normalized spacial score (nSPS) is 21.1. The fourth-order valence-corrected chi connectivity index (χ4v) is 1.73. The predicted molar refractivity (Wildman–Crippen MR) is 63.5 cm³/mol. The van der Waals surface area contributed by atoms with E-state index in [0.29, 0.717) is 26.1 Å². The lowest BCUT2D eigenvalue weighted by Gasteiger charge is -2.17. The van der Waals surface area contributed by atoms with E-state index in [1.54, 1.807) is 14.0 Å². The van der Waals surface area contributed by atoms with Crippen LogP contribution < -0.4 is 16.0 Å². The molecule has 0 bridgehead atoms. The number of methoxy groups -OCH3 is 1. The van der Waals surface area contributed by atoms with Gasteiger partial charge >= 0.3 is 0 Å². The zero-order valence-electron chi connectivity index (χ0n) is 10.4. The van der Waals surface area contributed by atoms with Crippen molar-refractivity contribution in [3.8, 4) is 0 Å². The SMILES string of the molecule is COCCCNC(=O)C(C)NC1CNC(=O)C1. The standard InChI is InChI=1S/C11H21N3O3/c1-8(11(16)12-4-3-5-17-2)14-9-6-10(15)13-7-9/h8-9,14H,3-7H2,1-2H3,(H,12,16)(H,13,15). The molecule has 0 aromatic carbocycles. The molecule has 2 atom stereocenters. The fourth-order valence-electron chi connectivity index (χ4n) is 1.73. The minimum atomic E-state index is -0.282. The fraction of sp³-hybridized carbons (Fsp3) is 0.818. The third-order valence-electron chi connectivity index (χ3n) is 2.68. The molecule has 0 aliphatic carbocycles. The Bertz CT molecular complexity index is 271. The van der Waals surface area contributed by atoms with Gasteiger partial charge in [0.1, 0.15) is 0 Å². The Morgan fingerprint density at radius 1 is 1.65 bits per heavy atom. The van der Waals surface area contributed by atoms with Crippen molar-refractivity contribution < 1.29 is 14.3 Å². The van der Waals surface area contributed by atoms with Gasteiger partial charge in [0.25, 0.3) is 0 Å². The lowest BCUT2D eigenvalue weighted by molar-refractivity contribution is -0.123. The molecular formula is C11H21N3O3. The molecule has 1 aliphatic heterocycles. The molecule has 3 N–H and O–H groups in total. The molecule has 2 unspecified atom stereocenters. The van der Waals surface area contributed by atoms with Crippen LogP contribution in [-0.2, 0) is 14.3 Å². The molecular weight excluding hydrogens is 222 g/mol. The van der Waals surface area contributed by atoms with Gasteiger partial charge < -0.3 is 20.7 Å². The van der Waals surface area contributed by atoms with Gasteiger partial charge in [0.15, 0.2) is 0 Å². The molecule has 17 heavy (non-hydrogen) atoms. The van der Waals surface area contributed by atoms with Crippen LogP contribution in [0.5, 0.6) is 0 Å². The Kier molecular flexibility index (Phi) is 5.93. The Hall–Kier alpha value is -1.14. The van der Waals surface area contributed by atoms with Gasteiger partial charge in [-0.3, -0.25) is 9.59 Å². The largest absolute Gasteiger partial charge is 0.385 e. The van der Waals surface area contributed by atoms with Crippen LogP contribution in [0.2, 0.25) is 0 Å². The molecule has 0 saturated carbocycles. The van der Waals surface area contributed by atoms with Crippen molar-refractivity contribution in [2.45, 2.75) is 31.8 Å². The summed E-state index contributed by atoms with van der Waals surface area (Å²) in [4.78, 5) is 22.6. The zero-order valence-corrected chi connectivity index (χ0v) is 10.4. The maximum atomic E-state index is 11.7. The lowest BCUT2D eigenvalue weighted by Crippen LogP contribution is -2.47. The average Bonchev–Trinajstić information content (AvgIpc) is 2.70. The quantitative estimate of drug-likeness (QED) is 0.501. The molecule has 1 fully saturated rings. The summed E-state index contributed by atoms with van der Waals surface area (Å²) in [6.45, 7) is 3.65. The smallest absolute Gasteiger partial charge is 0.236 e. The van der Waals surface area contributed by atoms with Crippen molar-refractivity contribution in [2.75, 3.05) is 26.8 Å². The van der Waals surface area contributed by atoms with Gasteiger partial charge in [-0.2, -0.15) is 0 Å². The number of nitrogens with one attached hydrogen (secondary N) is 3. The third-order valence-corrected chi connectivity index (χ3v) is 2.68. The van der Waals surface area contributed by atoms with Gasteiger partial charge in [0.2, 0.25) is 11.8 Å². The maximum Gasteiger partial charge on any atom is 0.236 e. The molecule has 2 amide bonds. The van der Waals surface area contributed by atoms with E-state index in [-0.39, 0.29) is 23.9 Å². The summed E-state index contributed by atoms with van der Waals surface area (Å²) >= 11 is 0. The molecule has 1 rings (SSSR count). The Labute approximate surface area is 101 Å². The summed E-state index contributed by atoms with van der Waals surface area (Å²) in [5.41, 5.74) is 0. The highest BCUT2D eigenvalue weighted by atomic mass is 16.5. The molecule has 0 aromatic rings. The van der Waals surface area contributed by atoms with Crippen molar-refractivity contribution in [3.63, 3.8) is 0 Å². The second-order valence-corrected chi connectivity index (χ2v) is 4.23. The third kappa shape index (κ3) is 5.14. The van der Waals surface area contributed by atoms with Crippen molar-refractivity contribution >= 4 is 11.8 Å². The summed E-state index contributed by atoms with van der Waals surface area (Å²) in [5, 5.41) is 8.66. The van der Waals surface area contributed by atoms with Gasteiger partial charge in [-0.25, -0.2) is 0 Å². The van der Waals surface area contributed by atoms with Crippen LogP contribution in [0.25, 0.3) is 0 Å². The van der Waals surface area contributed by atoms with Crippen LogP contribution in [0.15, 0.2) is 0 Å². The molecule has 98 valence electrons. The molecule has 1 aliphatic rings. The monoisotopic (exact) mass is 243 g/mol. The summed E-state index contributed by atoms with van der Waals surface area (Å²) in [6.07, 6.45) is 1.25. The molecule has 0 aromatic heterocycles. The Morgan fingerprint density at radius 2 is 2.41 bits per heavy atom. The number of rotatable bonds is 7. The van der Waals surface area contributed by atoms with E-state index in [0.717, 1.165) is 6.42 Å². The van der Waals surface area contributed by atoms with Crippen LogP contribution in [-0.4, -0.2) is 50.7 Å².